The van der Waals surface area contributed by atoms with E-state index in [2.05, 4.69) is 13.0 Å². The van der Waals surface area contributed by atoms with E-state index in [1.54, 1.807) is 0 Å². The molecule has 2 unspecified atom stereocenters. The topological polar surface area (TPSA) is 52.3 Å². The van der Waals surface area contributed by atoms with Crippen molar-refractivity contribution in [1.29, 1.82) is 0 Å². The Balaban J connectivity index is 2.71. The summed E-state index contributed by atoms with van der Waals surface area (Å²) in [6.45, 7) is 8.27. The predicted molar refractivity (Wildman–Crippen MR) is 88.4 cm³/mol. The zero-order valence-electron chi connectivity index (χ0n) is 13.2. The van der Waals surface area contributed by atoms with Crippen molar-refractivity contribution in [2.24, 2.45) is 5.50 Å². The molecule has 2 N–H and O–H groups in total. The molecule has 0 spiro atoms. The summed E-state index contributed by atoms with van der Waals surface area (Å²) in [6.07, 6.45) is 4.77. The summed E-state index contributed by atoms with van der Waals surface area (Å²) in [4.78, 5) is 0. The van der Waals surface area contributed by atoms with Crippen molar-refractivity contribution >= 4 is 7.52 Å². The van der Waals surface area contributed by atoms with E-state index in [1.165, 1.54) is 5.57 Å². The Kier molecular flexibility index (Phi) is 4.57. The highest BCUT2D eigenvalue weighted by Gasteiger charge is 2.48. The van der Waals surface area contributed by atoms with Crippen LogP contribution in [0.15, 0.2) is 47.6 Å². The average molecular weight is 305 g/mol. The normalized spacial score (nSPS) is 25.0. The number of allylic oxidation sites excluding steroid dienone is 4. The van der Waals surface area contributed by atoms with Gasteiger partial charge in [-0.1, -0.05) is 47.6 Å². The van der Waals surface area contributed by atoms with Crippen LogP contribution in [-0.2, 0) is 14.2 Å². The van der Waals surface area contributed by atoms with Crippen LogP contribution in [0, 0.1) is 6.92 Å². The molecule has 3 nitrogen and oxygen atoms in total. The van der Waals surface area contributed by atoms with Crippen molar-refractivity contribution in [2.45, 2.75) is 39.3 Å². The van der Waals surface area contributed by atoms with Crippen molar-refractivity contribution in [3.05, 3.63) is 58.7 Å². The van der Waals surface area contributed by atoms with Crippen LogP contribution in [0.4, 0.5) is 0 Å². The second kappa shape index (κ2) is 5.92. The van der Waals surface area contributed by atoms with E-state index >= 15 is 0 Å². The minimum Gasteiger partial charge on any atom is -0.317 e. The third kappa shape index (κ3) is 2.91. The molecule has 0 saturated carbocycles. The Morgan fingerprint density at radius 2 is 1.95 bits per heavy atom. The van der Waals surface area contributed by atoms with Gasteiger partial charge in [-0.25, -0.2) is 0 Å². The van der Waals surface area contributed by atoms with E-state index in [1.807, 2.05) is 51.1 Å². The standard InChI is InChI=1S/C17H24NO2P/c1-5-20-21(18,19)17(11-13(2)10-14(3)12-17)16-9-7-6-8-15(16)4/h6-11H,5,12H2,1-4H3,(H2,18,19). The lowest BCUT2D eigenvalue weighted by Crippen LogP contribution is -2.32. The summed E-state index contributed by atoms with van der Waals surface area (Å²) in [5.74, 6) is 0. The van der Waals surface area contributed by atoms with Gasteiger partial charge in [-0.3, -0.25) is 10.1 Å². The van der Waals surface area contributed by atoms with E-state index in [0.717, 1.165) is 16.7 Å². The molecule has 114 valence electrons. The first-order chi connectivity index (χ1) is 9.82. The molecule has 0 amide bonds. The van der Waals surface area contributed by atoms with Crippen LogP contribution in [-0.4, -0.2) is 6.61 Å². The number of hydrogen-bond acceptors (Lipinski definition) is 2. The average Bonchev–Trinajstić information content (AvgIpc) is 2.37. The van der Waals surface area contributed by atoms with Crippen LogP contribution in [0.2, 0.25) is 0 Å². The van der Waals surface area contributed by atoms with Crippen LogP contribution in [0.3, 0.4) is 0 Å². The predicted octanol–water partition coefficient (Wildman–Crippen LogP) is 4.67. The van der Waals surface area contributed by atoms with E-state index in [9.17, 15) is 4.57 Å². The lowest BCUT2D eigenvalue weighted by atomic mass is 9.83. The van der Waals surface area contributed by atoms with Crippen LogP contribution < -0.4 is 5.50 Å². The fourth-order valence-corrected chi connectivity index (χ4v) is 5.29. The summed E-state index contributed by atoms with van der Waals surface area (Å²) < 4.78 is 18.8. The molecule has 0 radical (unpaired) electrons. The monoisotopic (exact) mass is 305 g/mol. The molecule has 1 aromatic carbocycles. The van der Waals surface area contributed by atoms with Gasteiger partial charge in [0.2, 0.25) is 0 Å². The fraction of sp³-hybridized carbons (Fsp3) is 0.412. The second-order valence-electron chi connectivity index (χ2n) is 5.81. The van der Waals surface area contributed by atoms with Gasteiger partial charge in [0.05, 0.1) is 6.61 Å². The number of hydrogen-bond donors (Lipinski definition) is 1. The van der Waals surface area contributed by atoms with Crippen molar-refractivity contribution < 1.29 is 9.09 Å². The number of rotatable bonds is 4. The van der Waals surface area contributed by atoms with Crippen LogP contribution >= 0.6 is 7.52 Å². The fourth-order valence-electron chi connectivity index (χ4n) is 3.24. The molecule has 0 fully saturated rings. The van der Waals surface area contributed by atoms with Gasteiger partial charge in [-0.2, -0.15) is 0 Å². The van der Waals surface area contributed by atoms with Crippen molar-refractivity contribution in [2.75, 3.05) is 6.61 Å². The molecule has 0 heterocycles. The van der Waals surface area contributed by atoms with Gasteiger partial charge < -0.3 is 4.52 Å². The molecule has 0 saturated heterocycles. The molecule has 21 heavy (non-hydrogen) atoms. The van der Waals surface area contributed by atoms with E-state index in [0.29, 0.717) is 13.0 Å². The third-order valence-corrected chi connectivity index (χ3v) is 6.26. The van der Waals surface area contributed by atoms with Gasteiger partial charge in [0.25, 0.3) is 7.52 Å². The Morgan fingerprint density at radius 1 is 1.29 bits per heavy atom. The number of benzene rings is 1. The zero-order chi connectivity index (χ0) is 15.7. The highest BCUT2D eigenvalue weighted by molar-refractivity contribution is 7.58. The lowest BCUT2D eigenvalue weighted by Gasteiger charge is -2.39. The quantitative estimate of drug-likeness (QED) is 0.822. The highest BCUT2D eigenvalue weighted by atomic mass is 31.2. The Bertz CT molecular complexity index is 648. The molecule has 1 aliphatic rings. The van der Waals surface area contributed by atoms with Gasteiger partial charge in [0, 0.05) is 0 Å². The molecule has 2 rings (SSSR count). The maximum atomic E-state index is 13.2. The van der Waals surface area contributed by atoms with Crippen LogP contribution in [0.25, 0.3) is 0 Å². The van der Waals surface area contributed by atoms with E-state index < -0.39 is 12.7 Å². The Labute approximate surface area is 127 Å². The molecule has 1 aromatic rings. The molecular formula is C17H24NO2P. The highest BCUT2D eigenvalue weighted by Crippen LogP contribution is 2.63. The Morgan fingerprint density at radius 3 is 2.52 bits per heavy atom. The number of nitrogens with two attached hydrogens (primary N) is 1. The first kappa shape index (κ1) is 16.2. The molecule has 0 aliphatic heterocycles. The van der Waals surface area contributed by atoms with Gasteiger partial charge in [0.1, 0.15) is 5.16 Å². The summed E-state index contributed by atoms with van der Waals surface area (Å²) in [5.41, 5.74) is 10.6. The Hall–Kier alpha value is -1.15. The smallest absolute Gasteiger partial charge is 0.281 e. The van der Waals surface area contributed by atoms with Crippen LogP contribution in [0.5, 0.6) is 0 Å². The second-order valence-corrected chi connectivity index (χ2v) is 8.06. The minimum atomic E-state index is -3.34. The third-order valence-electron chi connectivity index (χ3n) is 3.98. The lowest BCUT2D eigenvalue weighted by molar-refractivity contribution is 0.315. The maximum Gasteiger partial charge on any atom is 0.281 e. The van der Waals surface area contributed by atoms with E-state index in [4.69, 9.17) is 10.0 Å². The van der Waals surface area contributed by atoms with Crippen LogP contribution in [0.1, 0.15) is 38.3 Å². The summed E-state index contributed by atoms with van der Waals surface area (Å²) in [6, 6.07) is 7.99. The maximum absolute atomic E-state index is 13.2. The molecular weight excluding hydrogens is 281 g/mol. The minimum absolute atomic E-state index is 0.344. The van der Waals surface area contributed by atoms with Gasteiger partial charge >= 0.3 is 0 Å². The van der Waals surface area contributed by atoms with Crippen molar-refractivity contribution in [3.8, 4) is 0 Å². The molecule has 2 atom stereocenters. The summed E-state index contributed by atoms with van der Waals surface area (Å²) in [5, 5.41) is -0.767. The largest absolute Gasteiger partial charge is 0.317 e. The SMILES string of the molecule is CCOP(N)(=O)C1(c2ccccc2C)C=C(C)C=C(C)C1. The van der Waals surface area contributed by atoms with Crippen molar-refractivity contribution in [3.63, 3.8) is 0 Å². The van der Waals surface area contributed by atoms with Crippen molar-refractivity contribution in [1.82, 2.24) is 0 Å². The summed E-state index contributed by atoms with van der Waals surface area (Å²) >= 11 is 0. The first-order valence-electron chi connectivity index (χ1n) is 7.28. The molecule has 0 bridgehead atoms. The van der Waals surface area contributed by atoms with Gasteiger partial charge in [-0.05, 0) is 45.2 Å². The molecule has 1 aliphatic carbocycles. The van der Waals surface area contributed by atoms with Gasteiger partial charge in [-0.15, -0.1) is 0 Å². The molecule has 4 heteroatoms. The first-order valence-corrected chi connectivity index (χ1v) is 8.98. The summed E-state index contributed by atoms with van der Waals surface area (Å²) in [7, 11) is -3.34. The zero-order valence-corrected chi connectivity index (χ0v) is 14.1. The number of aryl methyl sites for hydroxylation is 1. The molecule has 0 aromatic heterocycles. The van der Waals surface area contributed by atoms with Gasteiger partial charge in [0.15, 0.2) is 0 Å². The van der Waals surface area contributed by atoms with E-state index in [-0.39, 0.29) is 0 Å².